The van der Waals surface area contributed by atoms with Crippen molar-refractivity contribution in [1.29, 1.82) is 0 Å². The Bertz CT molecular complexity index is 804. The molecule has 1 heterocycles. The van der Waals surface area contributed by atoms with Crippen molar-refractivity contribution in [1.82, 2.24) is 0 Å². The van der Waals surface area contributed by atoms with Crippen LogP contribution >= 0.6 is 24.4 Å². The van der Waals surface area contributed by atoms with Crippen LogP contribution in [0.5, 0.6) is 0 Å². The number of hydrogen-bond donors (Lipinski definition) is 1. The van der Waals surface area contributed by atoms with E-state index in [4.69, 9.17) is 0 Å². The Kier molecular flexibility index (Phi) is 3.28. The van der Waals surface area contributed by atoms with Crippen LogP contribution in [0, 0.1) is 0 Å². The van der Waals surface area contributed by atoms with Crippen molar-refractivity contribution >= 4 is 24.4 Å². The van der Waals surface area contributed by atoms with Gasteiger partial charge in [0.15, 0.2) is 0 Å². The number of fused-ring (bicyclic) bond motifs is 2. The van der Waals surface area contributed by atoms with E-state index in [2.05, 4.69) is 67.2 Å². The highest BCUT2D eigenvalue weighted by Crippen LogP contribution is 2.40. The Morgan fingerprint density at radius 3 is 2.29 bits per heavy atom. The molecule has 1 aliphatic rings. The molecule has 0 amide bonds. The van der Waals surface area contributed by atoms with Gasteiger partial charge in [0, 0.05) is 14.7 Å². The molecule has 0 fully saturated rings. The molecular formula is C19H14S2. The van der Waals surface area contributed by atoms with Gasteiger partial charge in [-0.3, -0.25) is 0 Å². The SMILES string of the molecule is Sc1ccc(-c2ccc3c(c2)Cc2ccccc2S3)cc1. The van der Waals surface area contributed by atoms with Crippen molar-refractivity contribution in [2.75, 3.05) is 0 Å². The Morgan fingerprint density at radius 2 is 1.43 bits per heavy atom. The molecule has 0 bridgehead atoms. The van der Waals surface area contributed by atoms with E-state index >= 15 is 0 Å². The molecule has 0 atom stereocenters. The van der Waals surface area contributed by atoms with Gasteiger partial charge in [0.1, 0.15) is 0 Å². The van der Waals surface area contributed by atoms with Crippen LogP contribution in [0.15, 0.2) is 81.4 Å². The quantitative estimate of drug-likeness (QED) is 0.440. The summed E-state index contributed by atoms with van der Waals surface area (Å²) in [5.74, 6) is 0. The van der Waals surface area contributed by atoms with Crippen LogP contribution in [0.4, 0.5) is 0 Å². The Balaban J connectivity index is 1.74. The summed E-state index contributed by atoms with van der Waals surface area (Å²) in [5, 5.41) is 0. The summed E-state index contributed by atoms with van der Waals surface area (Å²) >= 11 is 6.23. The molecule has 0 radical (unpaired) electrons. The van der Waals surface area contributed by atoms with E-state index in [1.165, 1.54) is 32.0 Å². The summed E-state index contributed by atoms with van der Waals surface area (Å²) in [6.45, 7) is 0. The second-order valence-corrected chi connectivity index (χ2v) is 6.86. The third-order valence-corrected chi connectivity index (χ3v) is 5.37. The average Bonchev–Trinajstić information content (AvgIpc) is 2.53. The lowest BCUT2D eigenvalue weighted by Gasteiger charge is -2.19. The van der Waals surface area contributed by atoms with E-state index in [1.807, 2.05) is 23.9 Å². The first kappa shape index (κ1) is 13.1. The monoisotopic (exact) mass is 306 g/mol. The Hall–Kier alpha value is -1.64. The van der Waals surface area contributed by atoms with Gasteiger partial charge in [-0.25, -0.2) is 0 Å². The molecule has 4 rings (SSSR count). The van der Waals surface area contributed by atoms with E-state index in [0.29, 0.717) is 0 Å². The third kappa shape index (κ3) is 2.50. The number of thiol groups is 1. The van der Waals surface area contributed by atoms with Gasteiger partial charge >= 0.3 is 0 Å². The zero-order valence-corrected chi connectivity index (χ0v) is 13.1. The van der Waals surface area contributed by atoms with Crippen LogP contribution in [0.25, 0.3) is 11.1 Å². The van der Waals surface area contributed by atoms with Gasteiger partial charge in [-0.2, -0.15) is 0 Å². The van der Waals surface area contributed by atoms with E-state index in [-0.39, 0.29) is 0 Å². The normalized spacial score (nSPS) is 12.6. The van der Waals surface area contributed by atoms with Crippen LogP contribution in [0.3, 0.4) is 0 Å². The minimum Gasteiger partial charge on any atom is -0.143 e. The van der Waals surface area contributed by atoms with Crippen molar-refractivity contribution in [2.24, 2.45) is 0 Å². The van der Waals surface area contributed by atoms with E-state index in [0.717, 1.165) is 11.3 Å². The van der Waals surface area contributed by atoms with Crippen molar-refractivity contribution in [3.05, 3.63) is 77.9 Å². The Morgan fingerprint density at radius 1 is 0.714 bits per heavy atom. The average molecular weight is 306 g/mol. The van der Waals surface area contributed by atoms with Gasteiger partial charge in [0.25, 0.3) is 0 Å². The number of benzene rings is 3. The van der Waals surface area contributed by atoms with Gasteiger partial charge in [-0.15, -0.1) is 12.6 Å². The van der Waals surface area contributed by atoms with E-state index in [9.17, 15) is 0 Å². The first-order chi connectivity index (χ1) is 10.3. The van der Waals surface area contributed by atoms with Crippen molar-refractivity contribution in [2.45, 2.75) is 21.1 Å². The summed E-state index contributed by atoms with van der Waals surface area (Å²) in [6.07, 6.45) is 1.02. The molecule has 1 aliphatic heterocycles. The van der Waals surface area contributed by atoms with Crippen molar-refractivity contribution in [3.8, 4) is 11.1 Å². The van der Waals surface area contributed by atoms with Crippen LogP contribution in [-0.2, 0) is 6.42 Å². The van der Waals surface area contributed by atoms with E-state index < -0.39 is 0 Å². The molecule has 3 aromatic carbocycles. The summed E-state index contributed by atoms with van der Waals surface area (Å²) in [5.41, 5.74) is 5.38. The molecule has 0 aromatic heterocycles. The second kappa shape index (κ2) is 5.28. The maximum atomic E-state index is 4.35. The predicted molar refractivity (Wildman–Crippen MR) is 92.5 cm³/mol. The first-order valence-corrected chi connectivity index (χ1v) is 8.24. The fraction of sp³-hybridized carbons (Fsp3) is 0.0526. The smallest absolute Gasteiger partial charge is 0.0158 e. The summed E-state index contributed by atoms with van der Waals surface area (Å²) in [4.78, 5) is 3.77. The molecular weight excluding hydrogens is 292 g/mol. The van der Waals surface area contributed by atoms with Crippen LogP contribution in [0.1, 0.15) is 11.1 Å². The van der Waals surface area contributed by atoms with Gasteiger partial charge < -0.3 is 0 Å². The minimum atomic E-state index is 1.00. The molecule has 102 valence electrons. The van der Waals surface area contributed by atoms with Gasteiger partial charge in [-0.1, -0.05) is 48.2 Å². The fourth-order valence-electron chi connectivity index (χ4n) is 2.72. The van der Waals surface area contributed by atoms with Gasteiger partial charge in [0.2, 0.25) is 0 Å². The predicted octanol–water partition coefficient (Wildman–Crippen LogP) is 5.70. The first-order valence-electron chi connectivity index (χ1n) is 6.98. The maximum absolute atomic E-state index is 4.35. The molecule has 0 N–H and O–H groups in total. The lowest BCUT2D eigenvalue weighted by Crippen LogP contribution is -1.99. The summed E-state index contributed by atoms with van der Waals surface area (Å²) in [7, 11) is 0. The molecule has 2 heteroatoms. The van der Waals surface area contributed by atoms with Crippen LogP contribution in [0.2, 0.25) is 0 Å². The highest BCUT2D eigenvalue weighted by molar-refractivity contribution is 7.99. The molecule has 0 saturated carbocycles. The van der Waals surface area contributed by atoms with Gasteiger partial charge in [0.05, 0.1) is 0 Å². The topological polar surface area (TPSA) is 0 Å². The molecule has 0 unspecified atom stereocenters. The minimum absolute atomic E-state index is 1.00. The highest BCUT2D eigenvalue weighted by atomic mass is 32.2. The lowest BCUT2D eigenvalue weighted by molar-refractivity contribution is 1.06. The number of rotatable bonds is 1. The molecule has 0 aliphatic carbocycles. The second-order valence-electron chi connectivity index (χ2n) is 5.26. The fourth-order valence-corrected chi connectivity index (χ4v) is 3.93. The van der Waals surface area contributed by atoms with E-state index in [1.54, 1.807) is 0 Å². The maximum Gasteiger partial charge on any atom is 0.0158 e. The standard InChI is InChI=1S/C19H14S2/c20-17-8-5-13(6-9-17)14-7-10-19-16(11-14)12-15-3-1-2-4-18(15)21-19/h1-11,20H,12H2. The summed E-state index contributed by atoms with van der Waals surface area (Å²) < 4.78 is 0. The molecule has 0 spiro atoms. The van der Waals surface area contributed by atoms with Crippen LogP contribution < -0.4 is 0 Å². The Labute approximate surface area is 134 Å². The third-order valence-electron chi connectivity index (χ3n) is 3.83. The molecule has 0 saturated heterocycles. The zero-order valence-electron chi connectivity index (χ0n) is 11.4. The largest absolute Gasteiger partial charge is 0.143 e. The highest BCUT2D eigenvalue weighted by Gasteiger charge is 2.16. The van der Waals surface area contributed by atoms with Crippen molar-refractivity contribution < 1.29 is 0 Å². The number of hydrogen-bond acceptors (Lipinski definition) is 2. The lowest BCUT2D eigenvalue weighted by atomic mass is 9.98. The molecule has 0 nitrogen and oxygen atoms in total. The zero-order chi connectivity index (χ0) is 14.2. The van der Waals surface area contributed by atoms with Gasteiger partial charge in [-0.05, 0) is 59.0 Å². The van der Waals surface area contributed by atoms with Crippen molar-refractivity contribution in [3.63, 3.8) is 0 Å². The molecule has 3 aromatic rings. The molecule has 21 heavy (non-hydrogen) atoms. The van der Waals surface area contributed by atoms with Crippen LogP contribution in [-0.4, -0.2) is 0 Å². The summed E-state index contributed by atoms with van der Waals surface area (Å²) in [6, 6.07) is 23.8.